The van der Waals surface area contributed by atoms with Crippen molar-refractivity contribution < 1.29 is 14.3 Å². The van der Waals surface area contributed by atoms with Crippen molar-refractivity contribution in [3.8, 4) is 0 Å². The molecule has 2 saturated heterocycles. The topological polar surface area (TPSA) is 59.3 Å². The van der Waals surface area contributed by atoms with Crippen LogP contribution in [0.2, 0.25) is 0 Å². The third kappa shape index (κ3) is 3.78. The molecule has 0 radical (unpaired) electrons. The Morgan fingerprint density at radius 3 is 2.96 bits per heavy atom. The molecule has 2 fully saturated rings. The first-order chi connectivity index (χ1) is 12.7. The second-order valence-corrected chi connectivity index (χ2v) is 7.95. The minimum absolute atomic E-state index is 0.0706. The number of carbonyl (C=O) groups excluding carboxylic acids is 1. The Labute approximate surface area is 157 Å². The van der Waals surface area contributed by atoms with E-state index < -0.39 is 0 Å². The van der Waals surface area contributed by atoms with Crippen LogP contribution in [0.3, 0.4) is 0 Å². The van der Waals surface area contributed by atoms with E-state index in [1.165, 1.54) is 6.42 Å². The van der Waals surface area contributed by atoms with Gasteiger partial charge >= 0.3 is 0 Å². The van der Waals surface area contributed by atoms with Crippen molar-refractivity contribution in [3.63, 3.8) is 0 Å². The van der Waals surface area contributed by atoms with E-state index in [-0.39, 0.29) is 12.0 Å². The maximum Gasteiger partial charge on any atom is 0.274 e. The van der Waals surface area contributed by atoms with Gasteiger partial charge in [0.15, 0.2) is 10.7 Å². The van der Waals surface area contributed by atoms with Gasteiger partial charge in [-0.25, -0.2) is 4.98 Å². The quantitative estimate of drug-likeness (QED) is 0.795. The molecule has 0 aliphatic carbocycles. The SMILES string of the molecule is CN(Cc1c(C(=O)N2CCCCC2)nc2sccn12)CC1COCCO1. The lowest BCUT2D eigenvalue weighted by Gasteiger charge is -2.28. The average molecular weight is 378 g/mol. The van der Waals surface area contributed by atoms with Gasteiger partial charge in [-0.3, -0.25) is 14.1 Å². The number of imidazole rings is 1. The molecule has 1 atom stereocenters. The molecular formula is C18H26N4O3S. The zero-order chi connectivity index (χ0) is 17.9. The summed E-state index contributed by atoms with van der Waals surface area (Å²) in [7, 11) is 2.05. The number of thiazole rings is 1. The van der Waals surface area contributed by atoms with Gasteiger partial charge < -0.3 is 14.4 Å². The number of fused-ring (bicyclic) bond motifs is 1. The first-order valence-corrected chi connectivity index (χ1v) is 10.2. The van der Waals surface area contributed by atoms with E-state index in [0.717, 1.165) is 43.1 Å². The first-order valence-electron chi connectivity index (χ1n) is 9.34. The summed E-state index contributed by atoms with van der Waals surface area (Å²) in [6.07, 6.45) is 5.47. The van der Waals surface area contributed by atoms with Crippen LogP contribution in [0.4, 0.5) is 0 Å². The van der Waals surface area contributed by atoms with Crippen LogP contribution in [0.5, 0.6) is 0 Å². The Morgan fingerprint density at radius 2 is 2.19 bits per heavy atom. The summed E-state index contributed by atoms with van der Waals surface area (Å²) < 4.78 is 13.3. The molecule has 0 spiro atoms. The van der Waals surface area contributed by atoms with Crippen LogP contribution in [0, 0.1) is 0 Å². The number of carbonyl (C=O) groups is 1. The molecule has 2 aliphatic heterocycles. The molecule has 26 heavy (non-hydrogen) atoms. The van der Waals surface area contributed by atoms with Gasteiger partial charge in [0.25, 0.3) is 5.91 Å². The molecular weight excluding hydrogens is 352 g/mol. The highest BCUT2D eigenvalue weighted by Crippen LogP contribution is 2.22. The zero-order valence-electron chi connectivity index (χ0n) is 15.2. The van der Waals surface area contributed by atoms with Gasteiger partial charge in [0, 0.05) is 37.8 Å². The van der Waals surface area contributed by atoms with E-state index in [1.54, 1.807) is 11.3 Å². The summed E-state index contributed by atoms with van der Waals surface area (Å²) >= 11 is 1.57. The molecule has 2 aliphatic rings. The number of ether oxygens (including phenoxy) is 2. The van der Waals surface area contributed by atoms with Crippen LogP contribution >= 0.6 is 11.3 Å². The maximum atomic E-state index is 13.1. The van der Waals surface area contributed by atoms with E-state index in [2.05, 4.69) is 21.3 Å². The Morgan fingerprint density at radius 1 is 1.35 bits per heavy atom. The summed E-state index contributed by atoms with van der Waals surface area (Å²) in [5.74, 6) is 0.0706. The van der Waals surface area contributed by atoms with Gasteiger partial charge in [-0.1, -0.05) is 0 Å². The van der Waals surface area contributed by atoms with E-state index in [1.807, 2.05) is 16.5 Å². The Balaban J connectivity index is 1.52. The molecule has 142 valence electrons. The van der Waals surface area contributed by atoms with Crippen LogP contribution in [0.25, 0.3) is 4.96 Å². The van der Waals surface area contributed by atoms with E-state index in [4.69, 9.17) is 9.47 Å². The molecule has 0 aromatic carbocycles. The van der Waals surface area contributed by atoms with Gasteiger partial charge in [-0.2, -0.15) is 0 Å². The number of hydrogen-bond donors (Lipinski definition) is 0. The highest BCUT2D eigenvalue weighted by molar-refractivity contribution is 7.15. The molecule has 8 heteroatoms. The first kappa shape index (κ1) is 17.9. The molecule has 2 aromatic rings. The van der Waals surface area contributed by atoms with Crippen LogP contribution in [-0.2, 0) is 16.0 Å². The van der Waals surface area contributed by atoms with Crippen molar-refractivity contribution >= 4 is 22.2 Å². The van der Waals surface area contributed by atoms with Crippen molar-refractivity contribution in [3.05, 3.63) is 23.0 Å². The summed E-state index contributed by atoms with van der Waals surface area (Å²) in [5, 5.41) is 2.01. The molecule has 1 unspecified atom stereocenters. The number of likely N-dealkylation sites (N-methyl/N-ethyl adjacent to an activating group) is 1. The fourth-order valence-electron chi connectivity index (χ4n) is 3.71. The highest BCUT2D eigenvalue weighted by atomic mass is 32.1. The minimum Gasteiger partial charge on any atom is -0.376 e. The maximum absolute atomic E-state index is 13.1. The van der Waals surface area contributed by atoms with Gasteiger partial charge in [0.1, 0.15) is 0 Å². The van der Waals surface area contributed by atoms with E-state index in [0.29, 0.717) is 32.1 Å². The van der Waals surface area contributed by atoms with E-state index >= 15 is 0 Å². The average Bonchev–Trinajstić information content (AvgIpc) is 3.25. The second kappa shape index (κ2) is 8.04. The minimum atomic E-state index is 0.0706. The van der Waals surface area contributed by atoms with Crippen molar-refractivity contribution in [1.29, 1.82) is 0 Å². The Kier molecular flexibility index (Phi) is 5.54. The van der Waals surface area contributed by atoms with Crippen molar-refractivity contribution in [2.24, 2.45) is 0 Å². The van der Waals surface area contributed by atoms with E-state index in [9.17, 15) is 4.79 Å². The molecule has 4 rings (SSSR count). The van der Waals surface area contributed by atoms with Crippen molar-refractivity contribution in [2.75, 3.05) is 46.5 Å². The molecule has 0 saturated carbocycles. The van der Waals surface area contributed by atoms with Crippen molar-refractivity contribution in [1.82, 2.24) is 19.2 Å². The highest BCUT2D eigenvalue weighted by Gasteiger charge is 2.26. The van der Waals surface area contributed by atoms with Crippen LogP contribution in [0.15, 0.2) is 11.6 Å². The molecule has 0 N–H and O–H groups in total. The fourth-order valence-corrected chi connectivity index (χ4v) is 4.44. The van der Waals surface area contributed by atoms with Gasteiger partial charge in [0.05, 0.1) is 31.6 Å². The normalized spacial score (nSPS) is 21.6. The van der Waals surface area contributed by atoms with Gasteiger partial charge in [-0.15, -0.1) is 11.3 Å². The molecule has 4 heterocycles. The van der Waals surface area contributed by atoms with Crippen LogP contribution in [0.1, 0.15) is 35.4 Å². The molecule has 7 nitrogen and oxygen atoms in total. The summed E-state index contributed by atoms with van der Waals surface area (Å²) in [6.45, 7) is 5.07. The number of hydrogen-bond acceptors (Lipinski definition) is 6. The number of aromatic nitrogens is 2. The largest absolute Gasteiger partial charge is 0.376 e. The lowest BCUT2D eigenvalue weighted by atomic mass is 10.1. The number of rotatable bonds is 5. The van der Waals surface area contributed by atoms with Gasteiger partial charge in [-0.05, 0) is 26.3 Å². The molecule has 2 aromatic heterocycles. The third-order valence-corrected chi connectivity index (χ3v) is 5.78. The summed E-state index contributed by atoms with van der Waals surface area (Å²) in [6, 6.07) is 0. The third-order valence-electron chi connectivity index (χ3n) is 5.03. The zero-order valence-corrected chi connectivity index (χ0v) is 16.0. The number of piperidine rings is 1. The monoisotopic (exact) mass is 378 g/mol. The Bertz CT molecular complexity index is 747. The summed E-state index contributed by atoms with van der Waals surface area (Å²) in [4.78, 5) is 22.7. The molecule has 0 bridgehead atoms. The fraction of sp³-hybridized carbons (Fsp3) is 0.667. The van der Waals surface area contributed by atoms with Gasteiger partial charge in [0.2, 0.25) is 0 Å². The van der Waals surface area contributed by atoms with Crippen LogP contribution in [-0.4, -0.2) is 77.7 Å². The van der Waals surface area contributed by atoms with Crippen LogP contribution < -0.4 is 0 Å². The summed E-state index contributed by atoms with van der Waals surface area (Å²) in [5.41, 5.74) is 1.57. The Hall–Kier alpha value is -1.48. The smallest absolute Gasteiger partial charge is 0.274 e. The predicted molar refractivity (Wildman–Crippen MR) is 99.7 cm³/mol. The number of likely N-dealkylation sites (tertiary alicyclic amines) is 1. The standard InChI is InChI=1S/C18H26N4O3S/c1-20(11-14-13-24-8-9-25-14)12-15-16(19-18-22(15)7-10-26-18)17(23)21-5-3-2-4-6-21/h7,10,14H,2-6,8-9,11-13H2,1H3. The number of amides is 1. The molecule has 1 amide bonds. The second-order valence-electron chi connectivity index (χ2n) is 7.08. The number of nitrogens with zero attached hydrogens (tertiary/aromatic N) is 4. The van der Waals surface area contributed by atoms with Crippen molar-refractivity contribution in [2.45, 2.75) is 31.9 Å². The lowest BCUT2D eigenvalue weighted by Crippen LogP contribution is -2.39. The lowest BCUT2D eigenvalue weighted by molar-refractivity contribution is -0.0963. The predicted octanol–water partition coefficient (Wildman–Crippen LogP) is 1.87.